The molecule has 2 aliphatic carbocycles. The molecule has 0 bridgehead atoms. The fraction of sp³-hybridized carbons (Fsp3) is 1.00. The highest BCUT2D eigenvalue weighted by atomic mass is 32.2. The van der Waals surface area contributed by atoms with Crippen LogP contribution in [0.3, 0.4) is 0 Å². The van der Waals surface area contributed by atoms with Crippen molar-refractivity contribution in [2.75, 3.05) is 6.54 Å². The Morgan fingerprint density at radius 2 is 2.00 bits per heavy atom. The highest BCUT2D eigenvalue weighted by Crippen LogP contribution is 2.65. The second kappa shape index (κ2) is 3.71. The van der Waals surface area contributed by atoms with Gasteiger partial charge in [0.1, 0.15) is 0 Å². The number of nitrogens with two attached hydrogens (primary N) is 1. The Labute approximate surface area is 92.2 Å². The van der Waals surface area contributed by atoms with E-state index in [1.54, 1.807) is 0 Å². The van der Waals surface area contributed by atoms with E-state index in [-0.39, 0.29) is 0 Å². The van der Waals surface area contributed by atoms with Gasteiger partial charge < -0.3 is 5.73 Å². The second-order valence-corrected chi connectivity index (χ2v) is 7.34. The Balaban J connectivity index is 1.87. The standard InChI is InChI=1S/C12H23NS/c1-3-10(2)14-12(9-13)7-11(8-12)5-4-6-11/h10H,3-9,13H2,1-2H3. The monoisotopic (exact) mass is 213 g/mol. The van der Waals surface area contributed by atoms with Gasteiger partial charge in [0.15, 0.2) is 0 Å². The summed E-state index contributed by atoms with van der Waals surface area (Å²) in [5.74, 6) is 0. The Morgan fingerprint density at radius 1 is 1.36 bits per heavy atom. The topological polar surface area (TPSA) is 26.0 Å². The molecule has 2 saturated carbocycles. The minimum atomic E-state index is 0.468. The molecule has 14 heavy (non-hydrogen) atoms. The Kier molecular flexibility index (Phi) is 2.87. The quantitative estimate of drug-likeness (QED) is 0.776. The van der Waals surface area contributed by atoms with Crippen LogP contribution >= 0.6 is 11.8 Å². The van der Waals surface area contributed by atoms with Crippen LogP contribution in [0.1, 0.15) is 52.4 Å². The molecule has 1 nitrogen and oxygen atoms in total. The molecule has 1 spiro atoms. The summed E-state index contributed by atoms with van der Waals surface area (Å²) in [6, 6.07) is 0. The summed E-state index contributed by atoms with van der Waals surface area (Å²) in [4.78, 5) is 0. The lowest BCUT2D eigenvalue weighted by Gasteiger charge is -2.61. The van der Waals surface area contributed by atoms with Crippen LogP contribution in [0.5, 0.6) is 0 Å². The molecule has 2 aliphatic rings. The van der Waals surface area contributed by atoms with Gasteiger partial charge in [-0.25, -0.2) is 0 Å². The van der Waals surface area contributed by atoms with Crippen LogP contribution in [0.25, 0.3) is 0 Å². The van der Waals surface area contributed by atoms with Gasteiger partial charge >= 0.3 is 0 Å². The van der Waals surface area contributed by atoms with Crippen molar-refractivity contribution >= 4 is 11.8 Å². The van der Waals surface area contributed by atoms with Crippen molar-refractivity contribution in [2.45, 2.75) is 62.4 Å². The average Bonchev–Trinajstić information content (AvgIpc) is 2.07. The first-order chi connectivity index (χ1) is 6.64. The minimum Gasteiger partial charge on any atom is -0.329 e. The van der Waals surface area contributed by atoms with Crippen LogP contribution in [0, 0.1) is 5.41 Å². The van der Waals surface area contributed by atoms with E-state index in [4.69, 9.17) is 5.73 Å². The van der Waals surface area contributed by atoms with Crippen molar-refractivity contribution in [3.05, 3.63) is 0 Å². The third-order valence-electron chi connectivity index (χ3n) is 4.21. The van der Waals surface area contributed by atoms with Gasteiger partial charge in [-0.05, 0) is 37.5 Å². The molecule has 2 heteroatoms. The lowest BCUT2D eigenvalue weighted by molar-refractivity contribution is -0.00159. The molecule has 0 aliphatic heterocycles. The summed E-state index contributed by atoms with van der Waals surface area (Å²) in [6.07, 6.45) is 8.52. The molecule has 1 unspecified atom stereocenters. The molecule has 0 heterocycles. The summed E-state index contributed by atoms with van der Waals surface area (Å²) in [7, 11) is 0. The maximum absolute atomic E-state index is 5.95. The fourth-order valence-corrected chi connectivity index (χ4v) is 5.03. The molecule has 0 saturated heterocycles. The zero-order valence-corrected chi connectivity index (χ0v) is 10.3. The van der Waals surface area contributed by atoms with E-state index in [2.05, 4.69) is 25.6 Å². The van der Waals surface area contributed by atoms with Crippen molar-refractivity contribution in [3.63, 3.8) is 0 Å². The number of hydrogen-bond donors (Lipinski definition) is 1. The van der Waals surface area contributed by atoms with Crippen LogP contribution in [0.15, 0.2) is 0 Å². The van der Waals surface area contributed by atoms with E-state index in [1.165, 1.54) is 38.5 Å². The highest BCUT2D eigenvalue weighted by molar-refractivity contribution is 8.01. The molecular formula is C12H23NS. The second-order valence-electron chi connectivity index (χ2n) is 5.43. The third-order valence-corrected chi connectivity index (χ3v) is 5.90. The van der Waals surface area contributed by atoms with Crippen LogP contribution in [0.2, 0.25) is 0 Å². The van der Waals surface area contributed by atoms with Crippen molar-refractivity contribution < 1.29 is 0 Å². The molecule has 1 atom stereocenters. The van der Waals surface area contributed by atoms with Crippen molar-refractivity contribution in [3.8, 4) is 0 Å². The first-order valence-electron chi connectivity index (χ1n) is 6.02. The molecule has 2 N–H and O–H groups in total. The summed E-state index contributed by atoms with van der Waals surface area (Å²) in [5.41, 5.74) is 6.71. The van der Waals surface area contributed by atoms with Crippen LogP contribution in [-0.2, 0) is 0 Å². The first-order valence-corrected chi connectivity index (χ1v) is 6.90. The Bertz CT molecular complexity index is 197. The van der Waals surface area contributed by atoms with Gasteiger partial charge in [-0.2, -0.15) is 11.8 Å². The van der Waals surface area contributed by atoms with Gasteiger partial charge in [-0.3, -0.25) is 0 Å². The third kappa shape index (κ3) is 1.71. The largest absolute Gasteiger partial charge is 0.329 e. The number of thioether (sulfide) groups is 1. The van der Waals surface area contributed by atoms with E-state index in [1.807, 2.05) is 0 Å². The summed E-state index contributed by atoms with van der Waals surface area (Å²) >= 11 is 2.16. The average molecular weight is 213 g/mol. The lowest BCUT2D eigenvalue weighted by Crippen LogP contribution is -2.57. The molecule has 0 aromatic carbocycles. The molecule has 2 rings (SSSR count). The first kappa shape index (κ1) is 10.8. The van der Waals surface area contributed by atoms with Crippen LogP contribution in [-0.4, -0.2) is 16.5 Å². The van der Waals surface area contributed by atoms with Crippen molar-refractivity contribution in [2.24, 2.45) is 11.1 Å². The minimum absolute atomic E-state index is 0.468. The smallest absolute Gasteiger partial charge is 0.0295 e. The molecule has 0 aromatic heterocycles. The molecule has 82 valence electrons. The molecule has 0 radical (unpaired) electrons. The Hall–Kier alpha value is 0.310. The van der Waals surface area contributed by atoms with E-state index in [0.29, 0.717) is 4.75 Å². The van der Waals surface area contributed by atoms with E-state index in [0.717, 1.165) is 17.2 Å². The van der Waals surface area contributed by atoms with Gasteiger partial charge in [0, 0.05) is 16.5 Å². The summed E-state index contributed by atoms with van der Waals surface area (Å²) < 4.78 is 0.468. The normalized spacial score (nSPS) is 29.4. The maximum Gasteiger partial charge on any atom is 0.0295 e. The molecule has 0 aromatic rings. The lowest BCUT2D eigenvalue weighted by atomic mass is 9.51. The predicted octanol–water partition coefficient (Wildman–Crippen LogP) is 3.18. The number of hydrogen-bond acceptors (Lipinski definition) is 2. The fourth-order valence-electron chi connectivity index (χ4n) is 3.13. The van der Waals surface area contributed by atoms with Crippen LogP contribution in [0.4, 0.5) is 0 Å². The molecule has 2 fully saturated rings. The highest BCUT2D eigenvalue weighted by Gasteiger charge is 2.56. The molecule has 0 amide bonds. The van der Waals surface area contributed by atoms with Crippen LogP contribution < -0.4 is 5.73 Å². The maximum atomic E-state index is 5.95. The van der Waals surface area contributed by atoms with Gasteiger partial charge in [0.25, 0.3) is 0 Å². The van der Waals surface area contributed by atoms with Crippen molar-refractivity contribution in [1.82, 2.24) is 0 Å². The predicted molar refractivity (Wildman–Crippen MR) is 64.6 cm³/mol. The molecular weight excluding hydrogens is 190 g/mol. The number of rotatable bonds is 4. The Morgan fingerprint density at radius 3 is 2.36 bits per heavy atom. The zero-order valence-electron chi connectivity index (χ0n) is 9.51. The van der Waals surface area contributed by atoms with Gasteiger partial charge in [-0.1, -0.05) is 20.3 Å². The van der Waals surface area contributed by atoms with E-state index >= 15 is 0 Å². The summed E-state index contributed by atoms with van der Waals surface area (Å²) in [5, 5.41) is 0.788. The van der Waals surface area contributed by atoms with E-state index in [9.17, 15) is 0 Å². The van der Waals surface area contributed by atoms with Gasteiger partial charge in [0.2, 0.25) is 0 Å². The van der Waals surface area contributed by atoms with Gasteiger partial charge in [-0.15, -0.1) is 0 Å². The van der Waals surface area contributed by atoms with Crippen molar-refractivity contribution in [1.29, 1.82) is 0 Å². The van der Waals surface area contributed by atoms with Gasteiger partial charge in [0.05, 0.1) is 0 Å². The van der Waals surface area contributed by atoms with E-state index < -0.39 is 0 Å². The zero-order chi connectivity index (χ0) is 10.2. The summed E-state index contributed by atoms with van der Waals surface area (Å²) in [6.45, 7) is 5.51. The SMILES string of the molecule is CCC(C)SC1(CN)CC2(CCC2)C1.